The highest BCUT2D eigenvalue weighted by Gasteiger charge is 2.29. The SMILES string of the molecule is CN[C@@H](C)CC=Cc1cnc(Cl)c(O[C@H]2CCN(C(=O)C(C)C)C2)c1. The fourth-order valence-corrected chi connectivity index (χ4v) is 2.86. The van der Waals surface area contributed by atoms with E-state index in [1.54, 1.807) is 6.20 Å². The molecule has 25 heavy (non-hydrogen) atoms. The number of ether oxygens (including phenoxy) is 1. The summed E-state index contributed by atoms with van der Waals surface area (Å²) in [6, 6.07) is 2.33. The first-order valence-electron chi connectivity index (χ1n) is 8.85. The molecule has 1 N–H and O–H groups in total. The van der Waals surface area contributed by atoms with Gasteiger partial charge in [0.05, 0.1) is 6.54 Å². The van der Waals surface area contributed by atoms with Gasteiger partial charge in [0.2, 0.25) is 5.91 Å². The largest absolute Gasteiger partial charge is 0.485 e. The van der Waals surface area contributed by atoms with Crippen molar-refractivity contribution in [3.8, 4) is 5.75 Å². The van der Waals surface area contributed by atoms with E-state index >= 15 is 0 Å². The van der Waals surface area contributed by atoms with E-state index in [1.165, 1.54) is 0 Å². The Hall–Kier alpha value is -1.59. The molecule has 6 heteroatoms. The lowest BCUT2D eigenvalue weighted by Crippen LogP contribution is -2.33. The quantitative estimate of drug-likeness (QED) is 0.752. The molecule has 2 rings (SSSR count). The predicted octanol–water partition coefficient (Wildman–Crippen LogP) is 3.38. The second-order valence-electron chi connectivity index (χ2n) is 6.85. The van der Waals surface area contributed by atoms with Crippen LogP contribution in [0.3, 0.4) is 0 Å². The molecule has 1 aromatic heterocycles. The van der Waals surface area contributed by atoms with Crippen molar-refractivity contribution in [1.82, 2.24) is 15.2 Å². The summed E-state index contributed by atoms with van der Waals surface area (Å²) in [5, 5.41) is 3.55. The number of rotatable bonds is 7. The summed E-state index contributed by atoms with van der Waals surface area (Å²) < 4.78 is 6.02. The van der Waals surface area contributed by atoms with Gasteiger partial charge in [-0.3, -0.25) is 4.79 Å². The van der Waals surface area contributed by atoms with Crippen LogP contribution in [0.25, 0.3) is 6.08 Å². The lowest BCUT2D eigenvalue weighted by atomic mass is 10.2. The lowest BCUT2D eigenvalue weighted by Gasteiger charge is -2.19. The molecule has 1 fully saturated rings. The minimum atomic E-state index is -0.0365. The Morgan fingerprint density at radius 3 is 2.96 bits per heavy atom. The fourth-order valence-electron chi connectivity index (χ4n) is 2.71. The Labute approximate surface area is 155 Å². The minimum absolute atomic E-state index is 0.0115. The van der Waals surface area contributed by atoms with Crippen molar-refractivity contribution in [2.45, 2.75) is 45.8 Å². The van der Waals surface area contributed by atoms with Gasteiger partial charge in [-0.15, -0.1) is 0 Å². The summed E-state index contributed by atoms with van der Waals surface area (Å²) in [5.74, 6) is 0.762. The Morgan fingerprint density at radius 1 is 1.52 bits per heavy atom. The average molecular weight is 366 g/mol. The Balaban J connectivity index is 1.98. The Morgan fingerprint density at radius 2 is 2.28 bits per heavy atom. The highest BCUT2D eigenvalue weighted by molar-refractivity contribution is 6.30. The normalized spacial score (nSPS) is 19.0. The number of amides is 1. The van der Waals surface area contributed by atoms with Gasteiger partial charge in [0.1, 0.15) is 6.10 Å². The summed E-state index contributed by atoms with van der Waals surface area (Å²) >= 11 is 6.18. The fraction of sp³-hybridized carbons (Fsp3) is 0.579. The molecule has 2 atom stereocenters. The number of hydrogen-bond donors (Lipinski definition) is 1. The molecular formula is C19H28ClN3O2. The van der Waals surface area contributed by atoms with Gasteiger partial charge in [-0.2, -0.15) is 0 Å². The number of nitrogens with zero attached hydrogens (tertiary/aromatic N) is 2. The van der Waals surface area contributed by atoms with Crippen molar-refractivity contribution in [2.75, 3.05) is 20.1 Å². The second kappa shape index (κ2) is 9.20. The van der Waals surface area contributed by atoms with Crippen LogP contribution in [0.4, 0.5) is 0 Å². The summed E-state index contributed by atoms with van der Waals surface area (Å²) in [6.07, 6.45) is 7.57. The highest BCUT2D eigenvalue weighted by atomic mass is 35.5. The van der Waals surface area contributed by atoms with Crippen LogP contribution in [0.15, 0.2) is 18.3 Å². The van der Waals surface area contributed by atoms with Crippen LogP contribution in [-0.2, 0) is 4.79 Å². The maximum Gasteiger partial charge on any atom is 0.225 e. The van der Waals surface area contributed by atoms with Crippen LogP contribution in [0, 0.1) is 5.92 Å². The smallest absolute Gasteiger partial charge is 0.225 e. The topological polar surface area (TPSA) is 54.5 Å². The molecule has 0 unspecified atom stereocenters. The molecule has 0 aliphatic carbocycles. The number of halogens is 1. The van der Waals surface area contributed by atoms with Crippen LogP contribution in [-0.4, -0.2) is 48.1 Å². The Kier molecular flexibility index (Phi) is 7.26. The van der Waals surface area contributed by atoms with Crippen LogP contribution < -0.4 is 10.1 Å². The van der Waals surface area contributed by atoms with E-state index in [2.05, 4.69) is 23.3 Å². The highest BCUT2D eigenvalue weighted by Crippen LogP contribution is 2.27. The van der Waals surface area contributed by atoms with Gasteiger partial charge in [-0.1, -0.05) is 37.6 Å². The zero-order chi connectivity index (χ0) is 18.4. The third-order valence-corrected chi connectivity index (χ3v) is 4.65. The van der Waals surface area contributed by atoms with Crippen molar-refractivity contribution in [2.24, 2.45) is 5.92 Å². The monoisotopic (exact) mass is 365 g/mol. The van der Waals surface area contributed by atoms with Crippen molar-refractivity contribution < 1.29 is 9.53 Å². The number of nitrogens with one attached hydrogen (secondary N) is 1. The van der Waals surface area contributed by atoms with E-state index in [0.29, 0.717) is 23.5 Å². The minimum Gasteiger partial charge on any atom is -0.485 e. The van der Waals surface area contributed by atoms with E-state index in [4.69, 9.17) is 16.3 Å². The van der Waals surface area contributed by atoms with Gasteiger partial charge in [0.15, 0.2) is 10.9 Å². The van der Waals surface area contributed by atoms with Gasteiger partial charge in [0, 0.05) is 31.1 Å². The molecular weight excluding hydrogens is 338 g/mol. The third kappa shape index (κ3) is 5.72. The van der Waals surface area contributed by atoms with Crippen molar-refractivity contribution >= 4 is 23.6 Å². The number of pyridine rings is 1. The van der Waals surface area contributed by atoms with E-state index < -0.39 is 0 Å². The molecule has 0 aromatic carbocycles. The number of hydrogen-bond acceptors (Lipinski definition) is 4. The zero-order valence-electron chi connectivity index (χ0n) is 15.5. The van der Waals surface area contributed by atoms with Crippen molar-refractivity contribution in [3.05, 3.63) is 29.1 Å². The van der Waals surface area contributed by atoms with Gasteiger partial charge < -0.3 is 15.0 Å². The van der Waals surface area contributed by atoms with E-state index in [9.17, 15) is 4.79 Å². The van der Waals surface area contributed by atoms with E-state index in [1.807, 2.05) is 37.9 Å². The van der Waals surface area contributed by atoms with E-state index in [0.717, 1.165) is 24.9 Å². The summed E-state index contributed by atoms with van der Waals surface area (Å²) in [6.45, 7) is 7.30. The molecule has 2 heterocycles. The van der Waals surface area contributed by atoms with E-state index in [-0.39, 0.29) is 17.9 Å². The number of carbonyl (C=O) groups excluding carboxylic acids is 1. The maximum absolute atomic E-state index is 12.1. The Bertz CT molecular complexity index is 619. The average Bonchev–Trinajstić information content (AvgIpc) is 3.05. The van der Waals surface area contributed by atoms with Crippen LogP contribution >= 0.6 is 11.6 Å². The lowest BCUT2D eigenvalue weighted by molar-refractivity contribution is -0.133. The summed E-state index contributed by atoms with van der Waals surface area (Å²) in [4.78, 5) is 18.2. The molecule has 138 valence electrons. The molecule has 1 aliphatic rings. The standard InChI is InChI=1S/C19H28ClN3O2/c1-13(2)19(24)23-9-8-16(12-23)25-17-10-15(11-22-18(17)20)7-5-6-14(3)21-4/h5,7,10-11,13-14,16,21H,6,8-9,12H2,1-4H3/t14-,16-/m0/s1. The molecule has 1 saturated heterocycles. The molecule has 0 saturated carbocycles. The van der Waals surface area contributed by atoms with Crippen LogP contribution in [0.5, 0.6) is 5.75 Å². The van der Waals surface area contributed by atoms with Crippen LogP contribution in [0.1, 0.15) is 39.2 Å². The van der Waals surface area contributed by atoms with Crippen molar-refractivity contribution in [1.29, 1.82) is 0 Å². The molecule has 0 spiro atoms. The molecule has 0 bridgehead atoms. The molecule has 1 amide bonds. The molecule has 0 radical (unpaired) electrons. The number of aromatic nitrogens is 1. The molecule has 1 aromatic rings. The molecule has 5 nitrogen and oxygen atoms in total. The van der Waals surface area contributed by atoms with Gasteiger partial charge in [0.25, 0.3) is 0 Å². The van der Waals surface area contributed by atoms with Gasteiger partial charge in [-0.25, -0.2) is 4.98 Å². The predicted molar refractivity (Wildman–Crippen MR) is 102 cm³/mol. The first kappa shape index (κ1) is 19.7. The van der Waals surface area contributed by atoms with Crippen molar-refractivity contribution in [3.63, 3.8) is 0 Å². The summed E-state index contributed by atoms with van der Waals surface area (Å²) in [7, 11) is 1.95. The second-order valence-corrected chi connectivity index (χ2v) is 7.21. The number of likely N-dealkylation sites (tertiary alicyclic amines) is 1. The number of carbonyl (C=O) groups is 1. The van der Waals surface area contributed by atoms with Crippen LogP contribution in [0.2, 0.25) is 5.15 Å². The first-order chi connectivity index (χ1) is 11.9. The summed E-state index contributed by atoms with van der Waals surface area (Å²) in [5.41, 5.74) is 0.954. The third-order valence-electron chi connectivity index (χ3n) is 4.37. The maximum atomic E-state index is 12.1. The molecule has 1 aliphatic heterocycles. The van der Waals surface area contributed by atoms with Gasteiger partial charge in [-0.05, 0) is 32.0 Å². The first-order valence-corrected chi connectivity index (χ1v) is 9.23. The zero-order valence-corrected chi connectivity index (χ0v) is 16.2. The van der Waals surface area contributed by atoms with Gasteiger partial charge >= 0.3 is 0 Å².